The van der Waals surface area contributed by atoms with Crippen LogP contribution in [0.2, 0.25) is 0 Å². The van der Waals surface area contributed by atoms with Crippen molar-refractivity contribution >= 4 is 26.7 Å². The number of benzene rings is 3. The molecule has 0 radical (unpaired) electrons. The molecule has 1 heterocycles. The Morgan fingerprint density at radius 1 is 0.808 bits per heavy atom. The summed E-state index contributed by atoms with van der Waals surface area (Å²) in [5.74, 6) is 0. The molecule has 0 atom stereocenters. The first-order chi connectivity index (χ1) is 12.6. The van der Waals surface area contributed by atoms with Gasteiger partial charge in [-0.1, -0.05) is 78.4 Å². The lowest BCUT2D eigenvalue weighted by Gasteiger charge is -2.17. The van der Waals surface area contributed by atoms with Crippen LogP contribution in [0.1, 0.15) is 11.1 Å². The second-order valence-electron chi connectivity index (χ2n) is 6.45. The minimum atomic E-state index is 0.0308. The highest BCUT2D eigenvalue weighted by molar-refractivity contribution is 9.10. The Hall–Kier alpha value is -2.65. The van der Waals surface area contributed by atoms with Crippen LogP contribution in [0.4, 0.5) is 0 Å². The molecule has 0 N–H and O–H groups in total. The minimum absolute atomic E-state index is 0.0308. The summed E-state index contributed by atoms with van der Waals surface area (Å²) in [6, 6.07) is 26.2. The number of halogens is 1. The lowest BCUT2D eigenvalue weighted by molar-refractivity contribution is 0.774. The van der Waals surface area contributed by atoms with E-state index in [1.54, 1.807) is 0 Å². The van der Waals surface area contributed by atoms with Crippen molar-refractivity contribution in [2.24, 2.45) is 0 Å². The molecule has 1 aromatic heterocycles. The Morgan fingerprint density at radius 3 is 2.12 bits per heavy atom. The maximum atomic E-state index is 13.3. The molecule has 0 spiro atoms. The number of rotatable bonds is 3. The van der Waals surface area contributed by atoms with Gasteiger partial charge in [0, 0.05) is 15.2 Å². The second kappa shape index (κ2) is 6.93. The highest BCUT2D eigenvalue weighted by atomic mass is 79.9. The SMILES string of the molecule is Cc1ccc(Cn2c(-c3ccccc3)c(Br)c3ccccc3c2=O)cc1. The number of pyridine rings is 1. The fourth-order valence-corrected chi connectivity index (χ4v) is 4.05. The molecule has 0 saturated carbocycles. The van der Waals surface area contributed by atoms with Crippen LogP contribution in [0.3, 0.4) is 0 Å². The van der Waals surface area contributed by atoms with Gasteiger partial charge in [-0.2, -0.15) is 0 Å². The molecule has 26 heavy (non-hydrogen) atoms. The number of nitrogens with zero attached hydrogens (tertiary/aromatic N) is 1. The van der Waals surface area contributed by atoms with Crippen LogP contribution < -0.4 is 5.56 Å². The lowest BCUT2D eigenvalue weighted by atomic mass is 10.1. The van der Waals surface area contributed by atoms with Gasteiger partial charge in [-0.3, -0.25) is 4.79 Å². The van der Waals surface area contributed by atoms with E-state index in [0.29, 0.717) is 6.54 Å². The first-order valence-corrected chi connectivity index (χ1v) is 9.36. The van der Waals surface area contributed by atoms with Crippen molar-refractivity contribution in [2.75, 3.05) is 0 Å². The Kier molecular flexibility index (Phi) is 4.48. The van der Waals surface area contributed by atoms with Crippen molar-refractivity contribution in [3.8, 4) is 11.3 Å². The third-order valence-corrected chi connectivity index (χ3v) is 5.43. The summed E-state index contributed by atoms with van der Waals surface area (Å²) in [7, 11) is 0. The van der Waals surface area contributed by atoms with Gasteiger partial charge in [0.05, 0.1) is 12.2 Å². The van der Waals surface area contributed by atoms with E-state index in [1.165, 1.54) is 5.56 Å². The van der Waals surface area contributed by atoms with Gasteiger partial charge < -0.3 is 4.57 Å². The molecule has 0 amide bonds. The largest absolute Gasteiger partial charge is 0.302 e. The minimum Gasteiger partial charge on any atom is -0.302 e. The van der Waals surface area contributed by atoms with Gasteiger partial charge in [0.25, 0.3) is 5.56 Å². The van der Waals surface area contributed by atoms with Crippen molar-refractivity contribution < 1.29 is 0 Å². The quantitative estimate of drug-likeness (QED) is 0.424. The lowest BCUT2D eigenvalue weighted by Crippen LogP contribution is -2.23. The normalized spacial score (nSPS) is 11.0. The first kappa shape index (κ1) is 16.8. The molecule has 0 aliphatic carbocycles. The smallest absolute Gasteiger partial charge is 0.259 e. The summed E-state index contributed by atoms with van der Waals surface area (Å²) >= 11 is 3.77. The monoisotopic (exact) mass is 403 g/mol. The molecule has 128 valence electrons. The highest BCUT2D eigenvalue weighted by Crippen LogP contribution is 2.33. The standard InChI is InChI=1S/C23H18BrNO/c1-16-11-13-17(14-12-16)15-25-22(18-7-3-2-4-8-18)21(24)19-9-5-6-10-20(19)23(25)26/h2-14H,15H2,1H3. The van der Waals surface area contributed by atoms with E-state index in [2.05, 4.69) is 47.1 Å². The number of hydrogen-bond acceptors (Lipinski definition) is 1. The molecule has 0 aliphatic heterocycles. The van der Waals surface area contributed by atoms with Crippen molar-refractivity contribution in [3.05, 3.63) is 105 Å². The van der Waals surface area contributed by atoms with E-state index in [4.69, 9.17) is 0 Å². The number of aromatic nitrogens is 1. The van der Waals surface area contributed by atoms with Gasteiger partial charge in [-0.05, 0) is 40.0 Å². The first-order valence-electron chi connectivity index (χ1n) is 8.57. The topological polar surface area (TPSA) is 22.0 Å². The Morgan fingerprint density at radius 2 is 1.42 bits per heavy atom. The van der Waals surface area contributed by atoms with Crippen LogP contribution in [0.5, 0.6) is 0 Å². The molecule has 0 unspecified atom stereocenters. The molecule has 3 aromatic carbocycles. The van der Waals surface area contributed by atoms with Crippen LogP contribution >= 0.6 is 15.9 Å². The molecule has 0 aliphatic rings. The zero-order valence-corrected chi connectivity index (χ0v) is 16.0. The van der Waals surface area contributed by atoms with Gasteiger partial charge in [-0.25, -0.2) is 0 Å². The fraction of sp³-hybridized carbons (Fsp3) is 0.0870. The average molecular weight is 404 g/mol. The molecule has 0 saturated heterocycles. The molecule has 0 bridgehead atoms. The number of aryl methyl sites for hydroxylation is 1. The van der Waals surface area contributed by atoms with E-state index in [-0.39, 0.29) is 5.56 Å². The summed E-state index contributed by atoms with van der Waals surface area (Å²) in [6.07, 6.45) is 0. The third-order valence-electron chi connectivity index (χ3n) is 4.63. The van der Waals surface area contributed by atoms with E-state index < -0.39 is 0 Å². The molecular formula is C23H18BrNO. The average Bonchev–Trinajstić information content (AvgIpc) is 2.68. The maximum Gasteiger partial charge on any atom is 0.259 e. The highest BCUT2D eigenvalue weighted by Gasteiger charge is 2.16. The zero-order valence-electron chi connectivity index (χ0n) is 14.4. The molecule has 3 heteroatoms. The third kappa shape index (κ3) is 2.99. The van der Waals surface area contributed by atoms with Crippen molar-refractivity contribution in [2.45, 2.75) is 13.5 Å². The summed E-state index contributed by atoms with van der Waals surface area (Å²) in [5, 5.41) is 1.67. The number of hydrogen-bond donors (Lipinski definition) is 0. The van der Waals surface area contributed by atoms with Crippen LogP contribution in [0.25, 0.3) is 22.0 Å². The Balaban J connectivity index is 2.01. The van der Waals surface area contributed by atoms with Crippen molar-refractivity contribution in [3.63, 3.8) is 0 Å². The Labute approximate surface area is 160 Å². The van der Waals surface area contributed by atoms with Gasteiger partial charge in [0.15, 0.2) is 0 Å². The zero-order chi connectivity index (χ0) is 18.1. The summed E-state index contributed by atoms with van der Waals surface area (Å²) < 4.78 is 2.82. The predicted molar refractivity (Wildman–Crippen MR) is 112 cm³/mol. The van der Waals surface area contributed by atoms with Crippen molar-refractivity contribution in [1.82, 2.24) is 4.57 Å². The van der Waals surface area contributed by atoms with E-state index >= 15 is 0 Å². The number of fused-ring (bicyclic) bond motifs is 1. The summed E-state index contributed by atoms with van der Waals surface area (Å²) in [5.41, 5.74) is 4.29. The molecule has 0 fully saturated rings. The molecule has 4 rings (SSSR count). The van der Waals surface area contributed by atoms with Crippen molar-refractivity contribution in [1.29, 1.82) is 0 Å². The van der Waals surface area contributed by atoms with E-state index in [1.807, 2.05) is 59.2 Å². The van der Waals surface area contributed by atoms with E-state index in [9.17, 15) is 4.79 Å². The molecule has 4 aromatic rings. The molecular weight excluding hydrogens is 386 g/mol. The maximum absolute atomic E-state index is 13.3. The second-order valence-corrected chi connectivity index (χ2v) is 7.24. The fourth-order valence-electron chi connectivity index (χ4n) is 3.26. The van der Waals surface area contributed by atoms with Gasteiger partial charge in [0.2, 0.25) is 0 Å². The van der Waals surface area contributed by atoms with Crippen LogP contribution in [-0.2, 0) is 6.54 Å². The summed E-state index contributed by atoms with van der Waals surface area (Å²) in [6.45, 7) is 2.60. The Bertz CT molecular complexity index is 1130. The predicted octanol–water partition coefficient (Wildman–Crippen LogP) is 5.79. The van der Waals surface area contributed by atoms with Crippen LogP contribution in [0.15, 0.2) is 88.1 Å². The van der Waals surface area contributed by atoms with Gasteiger partial charge in [0.1, 0.15) is 0 Å². The molecule has 2 nitrogen and oxygen atoms in total. The van der Waals surface area contributed by atoms with Crippen LogP contribution in [0, 0.1) is 6.92 Å². The van der Waals surface area contributed by atoms with E-state index in [0.717, 1.165) is 32.1 Å². The van der Waals surface area contributed by atoms with Gasteiger partial charge >= 0.3 is 0 Å². The van der Waals surface area contributed by atoms with Gasteiger partial charge in [-0.15, -0.1) is 0 Å². The summed E-state index contributed by atoms with van der Waals surface area (Å²) in [4.78, 5) is 13.3. The van der Waals surface area contributed by atoms with Crippen LogP contribution in [-0.4, -0.2) is 4.57 Å².